The smallest absolute Gasteiger partial charge is 0.731 e. The fraction of sp³-hybridized carbons (Fsp3) is 0.545. The first kappa shape index (κ1) is 19.3. The molecule has 2 aliphatic rings. The average molecular weight is 368 g/mol. The number of likely N-dealkylation sites (N-methyl/N-ethyl adjacent to an activating group) is 1. The van der Waals surface area contributed by atoms with Crippen molar-refractivity contribution in [2.45, 2.75) is 24.2 Å². The molecule has 1 aromatic heterocycles. The molecule has 2 fully saturated rings. The summed E-state index contributed by atoms with van der Waals surface area (Å²) < 4.78 is 43.8. The number of carbonyl (C=O) groups is 2. The molecule has 3 unspecified atom stereocenters. The van der Waals surface area contributed by atoms with Crippen molar-refractivity contribution in [2.24, 2.45) is 0 Å². The number of anilines is 1. The molecule has 0 spiro atoms. The predicted molar refractivity (Wildman–Crippen MR) is 71.5 cm³/mol. The van der Waals surface area contributed by atoms with E-state index < -0.39 is 39.9 Å². The van der Waals surface area contributed by atoms with Gasteiger partial charge in [-0.1, -0.05) is 5.16 Å². The van der Waals surface area contributed by atoms with Crippen molar-refractivity contribution in [3.8, 4) is 0 Å². The van der Waals surface area contributed by atoms with Gasteiger partial charge in [0.1, 0.15) is 6.23 Å². The molecule has 0 radical (unpaired) electrons. The van der Waals surface area contributed by atoms with E-state index in [-0.39, 0.29) is 46.2 Å². The Morgan fingerprint density at radius 2 is 2.29 bits per heavy atom. The summed E-state index contributed by atoms with van der Waals surface area (Å²) in [7, 11) is -2.34. The first-order valence-corrected chi connectivity index (χ1v) is 7.89. The summed E-state index contributed by atoms with van der Waals surface area (Å²) in [6.45, 7) is 0. The number of carbonyl (C=O) groups excluding carboxylic acids is 2. The molecule has 2 saturated heterocycles. The molecule has 1 N–H and O–H groups in total. The summed E-state index contributed by atoms with van der Waals surface area (Å²) in [6.07, 6.45) is 0.549. The number of fused-ring (bicyclic) bond motifs is 1. The van der Waals surface area contributed by atoms with Gasteiger partial charge >= 0.3 is 29.6 Å². The van der Waals surface area contributed by atoms with E-state index in [9.17, 15) is 22.6 Å². The van der Waals surface area contributed by atoms with Crippen LogP contribution < -0.4 is 39.8 Å². The number of hydrogen-bond acceptors (Lipinski definition) is 9. The van der Waals surface area contributed by atoms with Gasteiger partial charge in [0.25, 0.3) is 11.8 Å². The summed E-state index contributed by atoms with van der Waals surface area (Å²) >= 11 is 0. The molecule has 0 aromatic carbocycles. The van der Waals surface area contributed by atoms with Gasteiger partial charge in [0, 0.05) is 26.6 Å². The minimum absolute atomic E-state index is 0. The van der Waals surface area contributed by atoms with Gasteiger partial charge in [0.2, 0.25) is 11.4 Å². The minimum atomic E-state index is -5.02. The van der Waals surface area contributed by atoms with Gasteiger partial charge in [-0.25, -0.2) is 12.7 Å². The van der Waals surface area contributed by atoms with Crippen LogP contribution in [0.1, 0.15) is 6.42 Å². The Labute approximate surface area is 159 Å². The zero-order chi connectivity index (χ0) is 17.0. The molecule has 2 aliphatic heterocycles. The molecule has 126 valence electrons. The van der Waals surface area contributed by atoms with Crippen LogP contribution in [-0.2, 0) is 24.6 Å². The molecule has 3 rings (SSSR count). The number of methoxy groups -OCH3 is 1. The first-order chi connectivity index (χ1) is 10.7. The second-order valence-electron chi connectivity index (χ2n) is 5.20. The van der Waals surface area contributed by atoms with Crippen LogP contribution in [0.15, 0.2) is 16.8 Å². The molecule has 24 heavy (non-hydrogen) atoms. The maximum absolute atomic E-state index is 12.7. The van der Waals surface area contributed by atoms with E-state index in [4.69, 9.17) is 9.26 Å². The fourth-order valence-electron chi connectivity index (χ4n) is 2.97. The van der Waals surface area contributed by atoms with Crippen LogP contribution in [0.2, 0.25) is 0 Å². The Balaban J connectivity index is 0.00000208. The van der Waals surface area contributed by atoms with Crippen molar-refractivity contribution < 1.29 is 61.4 Å². The van der Waals surface area contributed by atoms with E-state index >= 15 is 0 Å². The number of nitrogens with zero attached hydrogens (tertiary/aromatic N) is 3. The van der Waals surface area contributed by atoms with E-state index in [1.165, 1.54) is 26.4 Å². The second kappa shape index (κ2) is 6.37. The molecule has 0 saturated carbocycles. The third-order valence-corrected chi connectivity index (χ3v) is 4.97. The molecule has 13 heteroatoms. The number of amides is 2. The van der Waals surface area contributed by atoms with Gasteiger partial charge in [-0.05, 0) is 0 Å². The number of β-lactam (4-membered cyclic amide) rings is 1. The zero-order valence-corrected chi connectivity index (χ0v) is 15.9. The Hall–Kier alpha value is -1.02. The summed E-state index contributed by atoms with van der Waals surface area (Å²) in [5.74, 6) is -1.82. The Morgan fingerprint density at radius 3 is 2.79 bits per heavy atom. The van der Waals surface area contributed by atoms with Gasteiger partial charge in [-0.2, -0.15) is 0 Å². The summed E-state index contributed by atoms with van der Waals surface area (Å²) in [6, 6.07) is 0.248. The quantitative estimate of drug-likeness (QED) is 0.239. The van der Waals surface area contributed by atoms with Gasteiger partial charge < -0.3 is 13.8 Å². The van der Waals surface area contributed by atoms with Crippen LogP contribution in [0.25, 0.3) is 0 Å². The SMILES string of the molecule is COC1CC2N(S(=O)(=O)[O-])C(=O)C2(C(=O)N(C)c2ccno2)N1.[Na+]. The van der Waals surface area contributed by atoms with Crippen LogP contribution in [0.5, 0.6) is 0 Å². The summed E-state index contributed by atoms with van der Waals surface area (Å²) in [5.41, 5.74) is -1.88. The van der Waals surface area contributed by atoms with E-state index in [0.717, 1.165) is 4.90 Å². The monoisotopic (exact) mass is 368 g/mol. The molecule has 2 amide bonds. The van der Waals surface area contributed by atoms with Gasteiger partial charge in [0.15, 0.2) is 10.3 Å². The number of nitrogens with one attached hydrogen (secondary N) is 1. The molecule has 0 aliphatic carbocycles. The second-order valence-corrected chi connectivity index (χ2v) is 6.45. The Morgan fingerprint density at radius 1 is 1.62 bits per heavy atom. The summed E-state index contributed by atoms with van der Waals surface area (Å²) in [4.78, 5) is 26.1. The van der Waals surface area contributed by atoms with Crippen LogP contribution in [0.3, 0.4) is 0 Å². The normalized spacial score (nSPS) is 28.8. The Kier molecular flexibility index (Phi) is 5.12. The third kappa shape index (κ3) is 2.58. The molecule has 11 nitrogen and oxygen atoms in total. The molecule has 3 heterocycles. The molecule has 3 atom stereocenters. The molecule has 1 aromatic rings. The van der Waals surface area contributed by atoms with Crippen LogP contribution >= 0.6 is 0 Å². The van der Waals surface area contributed by atoms with Crippen molar-refractivity contribution in [1.82, 2.24) is 14.8 Å². The van der Waals surface area contributed by atoms with E-state index in [2.05, 4.69) is 10.5 Å². The number of aromatic nitrogens is 1. The van der Waals surface area contributed by atoms with Crippen molar-refractivity contribution in [3.63, 3.8) is 0 Å². The maximum Gasteiger partial charge on any atom is 1.00 e. The van der Waals surface area contributed by atoms with Crippen LogP contribution in [0.4, 0.5) is 5.88 Å². The topological polar surface area (TPSA) is 145 Å². The molecular formula is C11H13N4NaO7S. The standard InChI is InChI=1S/C11H14N4O7S.Na/c1-14(8-3-4-12-22-8)9(16)11-6(5-7(13-11)21-2)15(10(11)17)23(18,19)20;/h3-4,6-7,13H,5H2,1-2H3,(H,18,19,20);/q;+1/p-1. The van der Waals surface area contributed by atoms with Crippen molar-refractivity contribution in [2.75, 3.05) is 19.1 Å². The Bertz CT molecular complexity index is 754. The first-order valence-electron chi connectivity index (χ1n) is 6.52. The average Bonchev–Trinajstić information content (AvgIpc) is 3.10. The minimum Gasteiger partial charge on any atom is -0.731 e. The third-order valence-electron chi connectivity index (χ3n) is 4.07. The predicted octanol–water partition coefficient (Wildman–Crippen LogP) is -4.98. The van der Waals surface area contributed by atoms with Crippen LogP contribution in [0, 0.1) is 0 Å². The molecule has 0 bridgehead atoms. The van der Waals surface area contributed by atoms with Crippen LogP contribution in [-0.4, -0.2) is 66.2 Å². The molecular weight excluding hydrogens is 355 g/mol. The number of ether oxygens (including phenoxy) is 1. The van der Waals surface area contributed by atoms with Crippen molar-refractivity contribution >= 4 is 28.0 Å². The van der Waals surface area contributed by atoms with E-state index in [0.29, 0.717) is 0 Å². The van der Waals surface area contributed by atoms with Gasteiger partial charge in [-0.15, -0.1) is 0 Å². The van der Waals surface area contributed by atoms with E-state index in [1.807, 2.05) is 0 Å². The van der Waals surface area contributed by atoms with Gasteiger partial charge in [-0.3, -0.25) is 19.8 Å². The van der Waals surface area contributed by atoms with Crippen molar-refractivity contribution in [1.29, 1.82) is 0 Å². The fourth-order valence-corrected chi connectivity index (χ4v) is 3.87. The van der Waals surface area contributed by atoms with Crippen molar-refractivity contribution in [3.05, 3.63) is 12.3 Å². The maximum atomic E-state index is 12.7. The van der Waals surface area contributed by atoms with Gasteiger partial charge in [0.05, 0.1) is 12.2 Å². The largest absolute Gasteiger partial charge is 1.00 e. The van der Waals surface area contributed by atoms with E-state index in [1.54, 1.807) is 0 Å². The summed E-state index contributed by atoms with van der Waals surface area (Å²) in [5, 5.41) is 6.14. The number of hydrogen-bond donors (Lipinski definition) is 1. The number of rotatable bonds is 4. The zero-order valence-electron chi connectivity index (χ0n) is 13.1.